The molecule has 0 unspecified atom stereocenters. The molecule has 0 radical (unpaired) electrons. The van der Waals surface area contributed by atoms with Crippen LogP contribution in [0, 0.1) is 0 Å². The molecule has 0 aliphatic rings. The number of halogens is 3. The molecule has 0 atom stereocenters. The third kappa shape index (κ3) is 3.25. The van der Waals surface area contributed by atoms with Gasteiger partial charge in [0.2, 0.25) is 0 Å². The molecule has 4 nitrogen and oxygen atoms in total. The van der Waals surface area contributed by atoms with Crippen LogP contribution in [0.25, 0.3) is 11.0 Å². The van der Waals surface area contributed by atoms with Gasteiger partial charge in [0.1, 0.15) is 11.0 Å². The van der Waals surface area contributed by atoms with Crippen LogP contribution in [0.2, 0.25) is 0 Å². The Bertz CT molecular complexity index is 680. The zero-order chi connectivity index (χ0) is 14.6. The van der Waals surface area contributed by atoms with Gasteiger partial charge in [-0.3, -0.25) is 0 Å². The minimum absolute atomic E-state index is 0.602. The Hall–Kier alpha value is -2.57. The van der Waals surface area contributed by atoms with E-state index in [9.17, 15) is 13.2 Å². The maximum absolute atomic E-state index is 11.8. The van der Waals surface area contributed by atoms with Crippen molar-refractivity contribution in [3.63, 3.8) is 0 Å². The highest BCUT2D eigenvalue weighted by molar-refractivity contribution is 5.73. The minimum atomic E-state index is -4.21. The third-order valence-corrected chi connectivity index (χ3v) is 2.44. The largest absolute Gasteiger partial charge is 0.416 e. The summed E-state index contributed by atoms with van der Waals surface area (Å²) in [6.07, 6.45) is -4.21. The van der Waals surface area contributed by atoms with Crippen molar-refractivity contribution in [2.75, 3.05) is 0 Å². The summed E-state index contributed by atoms with van der Waals surface area (Å²) >= 11 is 0. The molecular weight excluding hydrogens is 271 g/mol. The number of hydrogen-bond donors (Lipinski definition) is 1. The smallest absolute Gasteiger partial charge is 0.410 e. The van der Waals surface area contributed by atoms with Crippen molar-refractivity contribution >= 4 is 11.0 Å². The number of aromatic nitrogens is 3. The number of para-hydroxylation sites is 1. The lowest BCUT2D eigenvalue weighted by molar-refractivity contribution is -0.137. The molecule has 1 aromatic heterocycles. The maximum atomic E-state index is 11.8. The van der Waals surface area contributed by atoms with Crippen LogP contribution in [0.1, 0.15) is 5.56 Å². The molecule has 0 aliphatic carbocycles. The number of fused-ring (bicyclic) bond motifs is 1. The van der Waals surface area contributed by atoms with Crippen molar-refractivity contribution in [3.8, 4) is 0 Å². The monoisotopic (exact) mass is 281 g/mol. The zero-order valence-corrected chi connectivity index (χ0v) is 10.1. The molecule has 0 saturated carbocycles. The van der Waals surface area contributed by atoms with Gasteiger partial charge in [0, 0.05) is 0 Å². The maximum Gasteiger partial charge on any atom is 0.416 e. The summed E-state index contributed by atoms with van der Waals surface area (Å²) in [5.41, 5.74) is 0.725. The van der Waals surface area contributed by atoms with E-state index in [1.165, 1.54) is 12.1 Å². The van der Waals surface area contributed by atoms with Crippen LogP contribution in [0.15, 0.2) is 54.6 Å². The lowest BCUT2D eigenvalue weighted by atomic mass is 10.2. The van der Waals surface area contributed by atoms with Crippen molar-refractivity contribution in [3.05, 3.63) is 60.2 Å². The van der Waals surface area contributed by atoms with E-state index in [2.05, 4.69) is 10.3 Å². The second-order valence-corrected chi connectivity index (χ2v) is 3.83. The Morgan fingerprint density at radius 1 is 0.900 bits per heavy atom. The predicted octanol–water partition coefficient (Wildman–Crippen LogP) is 3.37. The fourth-order valence-electron chi connectivity index (χ4n) is 1.48. The zero-order valence-electron chi connectivity index (χ0n) is 10.1. The average Bonchev–Trinajstić information content (AvgIpc) is 2.82. The van der Waals surface area contributed by atoms with Gasteiger partial charge in [-0.2, -0.15) is 13.2 Å². The van der Waals surface area contributed by atoms with Gasteiger partial charge in [0.15, 0.2) is 0 Å². The highest BCUT2D eigenvalue weighted by Gasteiger charge is 2.29. The van der Waals surface area contributed by atoms with E-state index in [1.54, 1.807) is 18.2 Å². The van der Waals surface area contributed by atoms with E-state index in [0.717, 1.165) is 17.0 Å². The molecule has 20 heavy (non-hydrogen) atoms. The molecule has 1 heterocycles. The number of hydrogen-bond acceptors (Lipinski definition) is 3. The second-order valence-electron chi connectivity index (χ2n) is 3.83. The third-order valence-electron chi connectivity index (χ3n) is 2.44. The Balaban J connectivity index is 0.000000147. The van der Waals surface area contributed by atoms with Crippen molar-refractivity contribution in [1.29, 1.82) is 0 Å². The van der Waals surface area contributed by atoms with E-state index >= 15 is 0 Å². The molecule has 0 bridgehead atoms. The van der Waals surface area contributed by atoms with E-state index < -0.39 is 11.7 Å². The number of rotatable bonds is 0. The van der Waals surface area contributed by atoms with Crippen molar-refractivity contribution in [2.24, 2.45) is 0 Å². The molecule has 7 heteroatoms. The van der Waals surface area contributed by atoms with Crippen molar-refractivity contribution in [2.45, 2.75) is 6.18 Å². The van der Waals surface area contributed by atoms with Gasteiger partial charge in [0.25, 0.3) is 0 Å². The summed E-state index contributed by atoms with van der Waals surface area (Å²) in [5, 5.41) is 16.1. The van der Waals surface area contributed by atoms with E-state index in [4.69, 9.17) is 5.21 Å². The first kappa shape index (κ1) is 13.9. The van der Waals surface area contributed by atoms with Crippen LogP contribution >= 0.6 is 0 Å². The van der Waals surface area contributed by atoms with Gasteiger partial charge in [-0.25, -0.2) is 0 Å². The van der Waals surface area contributed by atoms with Crippen LogP contribution < -0.4 is 0 Å². The lowest BCUT2D eigenvalue weighted by Gasteiger charge is -2.03. The first-order valence-electron chi connectivity index (χ1n) is 5.60. The van der Waals surface area contributed by atoms with E-state index in [-0.39, 0.29) is 0 Å². The van der Waals surface area contributed by atoms with Crippen LogP contribution in [-0.4, -0.2) is 20.4 Å². The summed E-state index contributed by atoms with van der Waals surface area (Å²) in [5.74, 6) is 0. The van der Waals surface area contributed by atoms with E-state index in [0.29, 0.717) is 11.0 Å². The van der Waals surface area contributed by atoms with Crippen LogP contribution in [0.5, 0.6) is 0 Å². The molecule has 0 amide bonds. The average molecular weight is 281 g/mol. The Kier molecular flexibility index (Phi) is 3.88. The highest BCUT2D eigenvalue weighted by atomic mass is 19.4. The molecular formula is C13H10F3N3O. The van der Waals surface area contributed by atoms with E-state index in [1.807, 2.05) is 12.1 Å². The summed E-state index contributed by atoms with van der Waals surface area (Å²) in [7, 11) is 0. The highest BCUT2D eigenvalue weighted by Crippen LogP contribution is 2.28. The standard InChI is InChI=1S/C7H5F3.C6H5N3O/c8-7(9,10)6-4-2-1-3-5-6;10-9-6-4-2-1-3-5(6)7-8-9/h1-5H;1-4,10H. The molecule has 0 aliphatic heterocycles. The number of benzene rings is 2. The lowest BCUT2D eigenvalue weighted by Crippen LogP contribution is -2.03. The molecule has 3 aromatic rings. The topological polar surface area (TPSA) is 50.9 Å². The summed E-state index contributed by atoms with van der Waals surface area (Å²) in [6.45, 7) is 0. The summed E-state index contributed by atoms with van der Waals surface area (Å²) in [6, 6.07) is 13.6. The number of nitrogens with zero attached hydrogens (tertiary/aromatic N) is 3. The normalized spacial score (nSPS) is 10.9. The first-order chi connectivity index (χ1) is 9.48. The Labute approximate surface area is 112 Å². The fourth-order valence-corrected chi connectivity index (χ4v) is 1.48. The quantitative estimate of drug-likeness (QED) is 0.643. The summed E-state index contributed by atoms with van der Waals surface area (Å²) in [4.78, 5) is 0.759. The van der Waals surface area contributed by atoms with Gasteiger partial charge in [-0.15, -0.1) is 5.10 Å². The molecule has 0 fully saturated rings. The minimum Gasteiger partial charge on any atom is -0.410 e. The molecule has 0 saturated heterocycles. The number of alkyl halides is 3. The van der Waals surface area contributed by atoms with Crippen LogP contribution in [0.4, 0.5) is 13.2 Å². The van der Waals surface area contributed by atoms with Gasteiger partial charge in [0.05, 0.1) is 5.56 Å². The Morgan fingerprint density at radius 2 is 1.50 bits per heavy atom. The van der Waals surface area contributed by atoms with Crippen LogP contribution in [-0.2, 0) is 6.18 Å². The summed E-state index contributed by atoms with van der Waals surface area (Å²) < 4.78 is 35.4. The van der Waals surface area contributed by atoms with Crippen molar-refractivity contribution in [1.82, 2.24) is 15.2 Å². The predicted molar refractivity (Wildman–Crippen MR) is 66.2 cm³/mol. The molecule has 1 N–H and O–H groups in total. The van der Waals surface area contributed by atoms with Gasteiger partial charge < -0.3 is 5.21 Å². The Morgan fingerprint density at radius 3 is 2.05 bits per heavy atom. The SMILES string of the molecule is FC(F)(F)c1ccccc1.On1nnc2ccccc21. The molecule has 2 aromatic carbocycles. The van der Waals surface area contributed by atoms with Crippen molar-refractivity contribution < 1.29 is 18.4 Å². The van der Waals surface area contributed by atoms with Gasteiger partial charge in [-0.05, 0) is 17.3 Å². The van der Waals surface area contributed by atoms with Crippen LogP contribution in [0.3, 0.4) is 0 Å². The first-order valence-corrected chi connectivity index (χ1v) is 5.60. The molecule has 0 spiro atoms. The van der Waals surface area contributed by atoms with Gasteiger partial charge in [-0.1, -0.05) is 47.3 Å². The molecule has 3 rings (SSSR count). The fraction of sp³-hybridized carbons (Fsp3) is 0.0769. The van der Waals surface area contributed by atoms with Gasteiger partial charge >= 0.3 is 6.18 Å². The second kappa shape index (κ2) is 5.60. The molecule has 104 valence electrons.